The van der Waals surface area contributed by atoms with E-state index in [0.717, 1.165) is 11.1 Å². The standard InChI is InChI=1S/C16H17NO4/c1-10-8-11(2)16(9-15(10)17(19)20)21-14-6-4-13(5-7-14)12(3)18/h4-9,12,18H,1-3H3. The highest BCUT2D eigenvalue weighted by molar-refractivity contribution is 5.51. The van der Waals surface area contributed by atoms with E-state index >= 15 is 0 Å². The number of rotatable bonds is 4. The Balaban J connectivity index is 2.30. The zero-order chi connectivity index (χ0) is 15.6. The average molecular weight is 287 g/mol. The van der Waals surface area contributed by atoms with E-state index in [1.807, 2.05) is 6.92 Å². The number of aliphatic hydroxyl groups excluding tert-OH is 1. The first-order valence-corrected chi connectivity index (χ1v) is 6.60. The predicted molar refractivity (Wildman–Crippen MR) is 79.7 cm³/mol. The third-order valence-electron chi connectivity index (χ3n) is 3.28. The summed E-state index contributed by atoms with van der Waals surface area (Å²) in [6.07, 6.45) is -0.541. The van der Waals surface area contributed by atoms with Gasteiger partial charge >= 0.3 is 0 Å². The van der Waals surface area contributed by atoms with E-state index in [1.54, 1.807) is 44.2 Å². The Morgan fingerprint density at radius 3 is 2.29 bits per heavy atom. The van der Waals surface area contributed by atoms with Gasteiger partial charge in [0.25, 0.3) is 5.69 Å². The molecule has 21 heavy (non-hydrogen) atoms. The molecule has 5 heteroatoms. The molecule has 0 radical (unpaired) electrons. The normalized spacial score (nSPS) is 12.0. The topological polar surface area (TPSA) is 72.6 Å². The fourth-order valence-corrected chi connectivity index (χ4v) is 2.07. The first-order valence-electron chi connectivity index (χ1n) is 6.60. The number of nitro benzene ring substituents is 1. The number of nitrogens with zero attached hydrogens (tertiary/aromatic N) is 1. The Bertz CT molecular complexity index is 663. The summed E-state index contributed by atoms with van der Waals surface area (Å²) in [5, 5.41) is 20.4. The third-order valence-corrected chi connectivity index (χ3v) is 3.28. The summed E-state index contributed by atoms with van der Waals surface area (Å²) in [6, 6.07) is 10.2. The van der Waals surface area contributed by atoms with Crippen LogP contribution in [0.5, 0.6) is 11.5 Å². The Morgan fingerprint density at radius 2 is 1.76 bits per heavy atom. The summed E-state index contributed by atoms with van der Waals surface area (Å²) in [5.41, 5.74) is 2.26. The summed E-state index contributed by atoms with van der Waals surface area (Å²) in [6.45, 7) is 5.23. The van der Waals surface area contributed by atoms with E-state index in [1.165, 1.54) is 6.07 Å². The van der Waals surface area contributed by atoms with Crippen molar-refractivity contribution in [3.8, 4) is 11.5 Å². The van der Waals surface area contributed by atoms with Crippen molar-refractivity contribution < 1.29 is 14.8 Å². The molecular formula is C16H17NO4. The lowest BCUT2D eigenvalue weighted by molar-refractivity contribution is -0.385. The predicted octanol–water partition coefficient (Wildman–Crippen LogP) is 4.06. The molecule has 0 heterocycles. The zero-order valence-electron chi connectivity index (χ0n) is 12.2. The molecule has 110 valence electrons. The smallest absolute Gasteiger partial charge is 0.276 e. The summed E-state index contributed by atoms with van der Waals surface area (Å²) < 4.78 is 5.70. The molecule has 0 spiro atoms. The van der Waals surface area contributed by atoms with E-state index in [2.05, 4.69) is 0 Å². The van der Waals surface area contributed by atoms with E-state index in [4.69, 9.17) is 4.74 Å². The molecule has 0 saturated carbocycles. The van der Waals surface area contributed by atoms with Crippen LogP contribution in [-0.2, 0) is 0 Å². The van der Waals surface area contributed by atoms with Crippen molar-refractivity contribution in [2.45, 2.75) is 26.9 Å². The number of aryl methyl sites for hydroxylation is 2. The van der Waals surface area contributed by atoms with Crippen LogP contribution in [0.2, 0.25) is 0 Å². The van der Waals surface area contributed by atoms with E-state index in [-0.39, 0.29) is 5.69 Å². The van der Waals surface area contributed by atoms with Crippen LogP contribution in [0.25, 0.3) is 0 Å². The Morgan fingerprint density at radius 1 is 1.14 bits per heavy atom. The molecule has 5 nitrogen and oxygen atoms in total. The van der Waals surface area contributed by atoms with Crippen LogP contribution < -0.4 is 4.74 Å². The largest absolute Gasteiger partial charge is 0.457 e. The van der Waals surface area contributed by atoms with Crippen LogP contribution in [-0.4, -0.2) is 10.0 Å². The van der Waals surface area contributed by atoms with Crippen molar-refractivity contribution in [3.05, 3.63) is 63.2 Å². The number of aliphatic hydroxyl groups is 1. The molecular weight excluding hydrogens is 270 g/mol. The van der Waals surface area contributed by atoms with Gasteiger partial charge in [0.1, 0.15) is 11.5 Å². The van der Waals surface area contributed by atoms with Crippen LogP contribution in [0.1, 0.15) is 29.7 Å². The van der Waals surface area contributed by atoms with E-state index in [0.29, 0.717) is 17.1 Å². The van der Waals surface area contributed by atoms with Gasteiger partial charge in [-0.2, -0.15) is 0 Å². The molecule has 0 bridgehead atoms. The maximum Gasteiger partial charge on any atom is 0.276 e. The second kappa shape index (κ2) is 5.93. The minimum Gasteiger partial charge on any atom is -0.457 e. The van der Waals surface area contributed by atoms with Gasteiger partial charge in [-0.1, -0.05) is 12.1 Å². The van der Waals surface area contributed by atoms with Crippen LogP contribution in [0.15, 0.2) is 36.4 Å². The lowest BCUT2D eigenvalue weighted by atomic mass is 10.1. The molecule has 0 aromatic heterocycles. The van der Waals surface area contributed by atoms with Gasteiger partial charge in [0.05, 0.1) is 17.1 Å². The highest BCUT2D eigenvalue weighted by Gasteiger charge is 2.15. The van der Waals surface area contributed by atoms with Gasteiger partial charge in [0, 0.05) is 5.56 Å². The minimum absolute atomic E-state index is 0.0381. The molecule has 0 aliphatic carbocycles. The maximum atomic E-state index is 11.0. The van der Waals surface area contributed by atoms with Crippen molar-refractivity contribution in [3.63, 3.8) is 0 Å². The van der Waals surface area contributed by atoms with Gasteiger partial charge in [-0.15, -0.1) is 0 Å². The molecule has 0 saturated heterocycles. The minimum atomic E-state index is -0.541. The van der Waals surface area contributed by atoms with Gasteiger partial charge < -0.3 is 9.84 Å². The van der Waals surface area contributed by atoms with Crippen LogP contribution in [0.4, 0.5) is 5.69 Å². The Labute approximate surface area is 123 Å². The highest BCUT2D eigenvalue weighted by atomic mass is 16.6. The van der Waals surface area contributed by atoms with Crippen LogP contribution >= 0.6 is 0 Å². The second-order valence-electron chi connectivity index (χ2n) is 5.01. The SMILES string of the molecule is Cc1cc(C)c([N+](=O)[O-])cc1Oc1ccc(C(C)O)cc1. The van der Waals surface area contributed by atoms with Gasteiger partial charge in [-0.05, 0) is 50.1 Å². The van der Waals surface area contributed by atoms with E-state index in [9.17, 15) is 15.2 Å². The van der Waals surface area contributed by atoms with Crippen molar-refractivity contribution in [2.24, 2.45) is 0 Å². The number of hydrogen-bond donors (Lipinski definition) is 1. The number of nitro groups is 1. The summed E-state index contributed by atoms with van der Waals surface area (Å²) in [4.78, 5) is 10.6. The summed E-state index contributed by atoms with van der Waals surface area (Å²) >= 11 is 0. The average Bonchev–Trinajstić information content (AvgIpc) is 2.42. The summed E-state index contributed by atoms with van der Waals surface area (Å²) in [5.74, 6) is 1.03. The molecule has 2 aromatic carbocycles. The monoisotopic (exact) mass is 287 g/mol. The molecule has 1 unspecified atom stereocenters. The van der Waals surface area contributed by atoms with Crippen LogP contribution in [0.3, 0.4) is 0 Å². The fourth-order valence-electron chi connectivity index (χ4n) is 2.07. The molecule has 1 atom stereocenters. The third kappa shape index (κ3) is 3.38. The first-order chi connectivity index (χ1) is 9.88. The number of hydrogen-bond acceptors (Lipinski definition) is 4. The molecule has 0 amide bonds. The molecule has 2 rings (SSSR count). The Hall–Kier alpha value is -2.40. The molecule has 1 N–H and O–H groups in total. The molecule has 0 aliphatic heterocycles. The van der Waals surface area contributed by atoms with Crippen molar-refractivity contribution >= 4 is 5.69 Å². The first kappa shape index (κ1) is 15.0. The zero-order valence-corrected chi connectivity index (χ0v) is 12.2. The molecule has 0 aliphatic rings. The van der Waals surface area contributed by atoms with E-state index < -0.39 is 11.0 Å². The van der Waals surface area contributed by atoms with Crippen LogP contribution in [0, 0.1) is 24.0 Å². The molecule has 2 aromatic rings. The number of ether oxygens (including phenoxy) is 1. The second-order valence-corrected chi connectivity index (χ2v) is 5.01. The number of benzene rings is 2. The lowest BCUT2D eigenvalue weighted by Gasteiger charge is -2.11. The highest BCUT2D eigenvalue weighted by Crippen LogP contribution is 2.31. The molecule has 0 fully saturated rings. The van der Waals surface area contributed by atoms with Crippen molar-refractivity contribution in [1.82, 2.24) is 0 Å². The van der Waals surface area contributed by atoms with Gasteiger partial charge in [-0.3, -0.25) is 10.1 Å². The quantitative estimate of drug-likeness (QED) is 0.680. The van der Waals surface area contributed by atoms with Crippen molar-refractivity contribution in [2.75, 3.05) is 0 Å². The summed E-state index contributed by atoms with van der Waals surface area (Å²) in [7, 11) is 0. The van der Waals surface area contributed by atoms with Crippen molar-refractivity contribution in [1.29, 1.82) is 0 Å². The van der Waals surface area contributed by atoms with Gasteiger partial charge in [0.2, 0.25) is 0 Å². The lowest BCUT2D eigenvalue weighted by Crippen LogP contribution is -1.96. The van der Waals surface area contributed by atoms with Gasteiger partial charge in [-0.25, -0.2) is 0 Å². The Kier molecular flexibility index (Phi) is 4.23. The van der Waals surface area contributed by atoms with Gasteiger partial charge in [0.15, 0.2) is 0 Å². The maximum absolute atomic E-state index is 11.0. The fraction of sp³-hybridized carbons (Fsp3) is 0.250.